The Labute approximate surface area is 124 Å². The molecule has 0 aliphatic heterocycles. The van der Waals surface area contributed by atoms with Crippen molar-refractivity contribution < 1.29 is 14.2 Å². The van der Waals surface area contributed by atoms with Crippen molar-refractivity contribution in [1.82, 2.24) is 5.32 Å². The number of benzene rings is 2. The number of aliphatic hydroxyl groups excluding tert-OH is 1. The molecule has 0 saturated carbocycles. The molecule has 2 aromatic rings. The van der Waals surface area contributed by atoms with Crippen molar-refractivity contribution in [3.05, 3.63) is 65.5 Å². The van der Waals surface area contributed by atoms with Gasteiger partial charge in [-0.15, -0.1) is 0 Å². The Bertz CT molecular complexity index is 543. The summed E-state index contributed by atoms with van der Waals surface area (Å²) in [6.07, 6.45) is 0.751. The molecule has 0 amide bonds. The molecule has 0 aromatic heterocycles. The predicted octanol–water partition coefficient (Wildman–Crippen LogP) is 2.88. The molecule has 112 valence electrons. The molecule has 4 heteroatoms. The number of hydrogen-bond acceptors (Lipinski definition) is 3. The highest BCUT2D eigenvalue weighted by molar-refractivity contribution is 5.29. The van der Waals surface area contributed by atoms with Crippen molar-refractivity contribution in [2.75, 3.05) is 13.2 Å². The van der Waals surface area contributed by atoms with Crippen LogP contribution in [0.25, 0.3) is 0 Å². The molecule has 0 fully saturated rings. The summed E-state index contributed by atoms with van der Waals surface area (Å²) in [5, 5.41) is 12.0. The summed E-state index contributed by atoms with van der Waals surface area (Å²) in [5.74, 6) is 0.551. The Morgan fingerprint density at radius 3 is 2.62 bits per heavy atom. The van der Waals surface area contributed by atoms with E-state index in [1.807, 2.05) is 24.3 Å². The second-order valence-electron chi connectivity index (χ2n) is 4.82. The van der Waals surface area contributed by atoms with E-state index in [9.17, 15) is 4.39 Å². The zero-order valence-electron chi connectivity index (χ0n) is 11.9. The SMILES string of the molecule is OCCCNCc1cccc(OCc2ccc(F)cc2)c1. The lowest BCUT2D eigenvalue weighted by Crippen LogP contribution is -2.15. The Hall–Kier alpha value is -1.91. The third kappa shape index (κ3) is 5.53. The molecule has 0 spiro atoms. The van der Waals surface area contributed by atoms with Crippen LogP contribution in [0, 0.1) is 5.82 Å². The molecule has 2 N–H and O–H groups in total. The molecule has 0 bridgehead atoms. The van der Waals surface area contributed by atoms with E-state index in [1.54, 1.807) is 12.1 Å². The molecule has 0 aliphatic carbocycles. The molecule has 0 saturated heterocycles. The number of nitrogens with one attached hydrogen (secondary N) is 1. The predicted molar refractivity (Wildman–Crippen MR) is 80.6 cm³/mol. The first-order valence-electron chi connectivity index (χ1n) is 7.05. The van der Waals surface area contributed by atoms with E-state index in [2.05, 4.69) is 5.32 Å². The van der Waals surface area contributed by atoms with E-state index in [-0.39, 0.29) is 12.4 Å². The number of hydrogen-bond donors (Lipinski definition) is 2. The average Bonchev–Trinajstić information content (AvgIpc) is 2.52. The Balaban J connectivity index is 1.84. The number of aliphatic hydroxyl groups is 1. The van der Waals surface area contributed by atoms with Crippen LogP contribution in [0.15, 0.2) is 48.5 Å². The lowest BCUT2D eigenvalue weighted by Gasteiger charge is -2.09. The molecule has 0 aliphatic rings. The smallest absolute Gasteiger partial charge is 0.123 e. The van der Waals surface area contributed by atoms with Gasteiger partial charge < -0.3 is 15.2 Å². The van der Waals surface area contributed by atoms with Crippen LogP contribution in [-0.4, -0.2) is 18.3 Å². The van der Waals surface area contributed by atoms with Crippen molar-refractivity contribution in [2.45, 2.75) is 19.6 Å². The third-order valence-electron chi connectivity index (χ3n) is 3.06. The fourth-order valence-corrected chi connectivity index (χ4v) is 1.93. The van der Waals surface area contributed by atoms with Gasteiger partial charge in [0, 0.05) is 13.2 Å². The third-order valence-corrected chi connectivity index (χ3v) is 3.06. The van der Waals surface area contributed by atoms with Crippen LogP contribution >= 0.6 is 0 Å². The maximum absolute atomic E-state index is 12.8. The average molecular weight is 289 g/mol. The fraction of sp³-hybridized carbons (Fsp3) is 0.294. The topological polar surface area (TPSA) is 41.5 Å². The fourth-order valence-electron chi connectivity index (χ4n) is 1.93. The second kappa shape index (κ2) is 8.39. The largest absolute Gasteiger partial charge is 0.489 e. The van der Waals surface area contributed by atoms with E-state index in [1.165, 1.54) is 12.1 Å². The van der Waals surface area contributed by atoms with E-state index < -0.39 is 0 Å². The molecule has 0 unspecified atom stereocenters. The lowest BCUT2D eigenvalue weighted by molar-refractivity contribution is 0.286. The Kier molecular flexibility index (Phi) is 6.19. The first-order chi connectivity index (χ1) is 10.3. The maximum Gasteiger partial charge on any atom is 0.123 e. The van der Waals surface area contributed by atoms with Gasteiger partial charge in [-0.05, 0) is 48.4 Å². The summed E-state index contributed by atoms with van der Waals surface area (Å²) < 4.78 is 18.5. The van der Waals surface area contributed by atoms with Gasteiger partial charge in [-0.3, -0.25) is 0 Å². The van der Waals surface area contributed by atoms with Crippen LogP contribution in [0.1, 0.15) is 17.5 Å². The van der Waals surface area contributed by atoms with E-state index in [0.717, 1.165) is 36.4 Å². The molecule has 0 heterocycles. The van der Waals surface area contributed by atoms with E-state index in [0.29, 0.717) is 6.61 Å². The van der Waals surface area contributed by atoms with Gasteiger partial charge in [-0.25, -0.2) is 4.39 Å². The van der Waals surface area contributed by atoms with E-state index in [4.69, 9.17) is 9.84 Å². The minimum Gasteiger partial charge on any atom is -0.489 e. The molecule has 0 radical (unpaired) electrons. The number of rotatable bonds is 8. The normalized spacial score (nSPS) is 10.6. The van der Waals surface area contributed by atoms with Crippen LogP contribution < -0.4 is 10.1 Å². The standard InChI is InChI=1S/C17H20FNO2/c18-16-7-5-14(6-8-16)13-21-17-4-1-3-15(11-17)12-19-9-2-10-20/h1,3-8,11,19-20H,2,9-10,12-13H2. The van der Waals surface area contributed by atoms with Gasteiger partial charge in [-0.1, -0.05) is 24.3 Å². The van der Waals surface area contributed by atoms with Crippen LogP contribution in [0.4, 0.5) is 4.39 Å². The van der Waals surface area contributed by atoms with Gasteiger partial charge in [0.25, 0.3) is 0 Å². The van der Waals surface area contributed by atoms with E-state index >= 15 is 0 Å². The van der Waals surface area contributed by atoms with Crippen LogP contribution in [0.2, 0.25) is 0 Å². The number of halogens is 1. The van der Waals surface area contributed by atoms with Gasteiger partial charge in [0.1, 0.15) is 18.2 Å². The quantitative estimate of drug-likeness (QED) is 0.734. The van der Waals surface area contributed by atoms with Crippen molar-refractivity contribution in [2.24, 2.45) is 0 Å². The first kappa shape index (κ1) is 15.5. The molecular formula is C17H20FNO2. The highest BCUT2D eigenvalue weighted by atomic mass is 19.1. The molecule has 3 nitrogen and oxygen atoms in total. The molecule has 21 heavy (non-hydrogen) atoms. The lowest BCUT2D eigenvalue weighted by atomic mass is 10.2. The summed E-state index contributed by atoms with van der Waals surface area (Å²) in [6, 6.07) is 14.2. The van der Waals surface area contributed by atoms with Gasteiger partial charge >= 0.3 is 0 Å². The highest BCUT2D eigenvalue weighted by Crippen LogP contribution is 2.15. The second-order valence-corrected chi connectivity index (χ2v) is 4.82. The van der Waals surface area contributed by atoms with Crippen molar-refractivity contribution in [3.63, 3.8) is 0 Å². The van der Waals surface area contributed by atoms with Crippen molar-refractivity contribution in [3.8, 4) is 5.75 Å². The molecule has 2 aromatic carbocycles. The Morgan fingerprint density at radius 1 is 1.05 bits per heavy atom. The maximum atomic E-state index is 12.8. The van der Waals surface area contributed by atoms with Crippen LogP contribution in [-0.2, 0) is 13.2 Å². The van der Waals surface area contributed by atoms with Gasteiger partial charge in [-0.2, -0.15) is 0 Å². The zero-order valence-corrected chi connectivity index (χ0v) is 11.9. The van der Waals surface area contributed by atoms with Crippen molar-refractivity contribution >= 4 is 0 Å². The van der Waals surface area contributed by atoms with Gasteiger partial charge in [0.15, 0.2) is 0 Å². The summed E-state index contributed by atoms with van der Waals surface area (Å²) in [7, 11) is 0. The first-order valence-corrected chi connectivity index (χ1v) is 7.05. The van der Waals surface area contributed by atoms with Crippen LogP contribution in [0.3, 0.4) is 0 Å². The minimum atomic E-state index is -0.241. The highest BCUT2D eigenvalue weighted by Gasteiger charge is 1.99. The summed E-state index contributed by atoms with van der Waals surface area (Å²) in [5.41, 5.74) is 2.06. The summed E-state index contributed by atoms with van der Waals surface area (Å²) >= 11 is 0. The minimum absolute atomic E-state index is 0.202. The Morgan fingerprint density at radius 2 is 1.86 bits per heavy atom. The summed E-state index contributed by atoms with van der Waals surface area (Å²) in [6.45, 7) is 2.15. The summed E-state index contributed by atoms with van der Waals surface area (Å²) in [4.78, 5) is 0. The molecule has 0 atom stereocenters. The molecule has 2 rings (SSSR count). The monoisotopic (exact) mass is 289 g/mol. The van der Waals surface area contributed by atoms with Gasteiger partial charge in [0.2, 0.25) is 0 Å². The molecular weight excluding hydrogens is 269 g/mol. The number of ether oxygens (including phenoxy) is 1. The van der Waals surface area contributed by atoms with Gasteiger partial charge in [0.05, 0.1) is 0 Å². The van der Waals surface area contributed by atoms with Crippen LogP contribution in [0.5, 0.6) is 5.75 Å². The van der Waals surface area contributed by atoms with Crippen molar-refractivity contribution in [1.29, 1.82) is 0 Å². The zero-order chi connectivity index (χ0) is 14.9.